The van der Waals surface area contributed by atoms with Gasteiger partial charge in [0.1, 0.15) is 4.32 Å². The molecule has 0 spiro atoms. The van der Waals surface area contributed by atoms with E-state index in [4.69, 9.17) is 21.7 Å². The van der Waals surface area contributed by atoms with Gasteiger partial charge in [0.05, 0.1) is 18.6 Å². The summed E-state index contributed by atoms with van der Waals surface area (Å²) in [7, 11) is 1.60. The molecule has 0 saturated carbocycles. The van der Waals surface area contributed by atoms with Crippen molar-refractivity contribution in [1.82, 2.24) is 4.90 Å². The summed E-state index contributed by atoms with van der Waals surface area (Å²) in [6.45, 7) is 7.28. The van der Waals surface area contributed by atoms with Gasteiger partial charge in [0.2, 0.25) is 0 Å². The Morgan fingerprint density at radius 1 is 1.35 bits per heavy atom. The number of thiocarbonyl (C=S) groups is 1. The van der Waals surface area contributed by atoms with Crippen LogP contribution in [0.1, 0.15) is 26.3 Å². The first-order chi connectivity index (χ1) is 11.0. The van der Waals surface area contributed by atoms with Crippen molar-refractivity contribution < 1.29 is 14.3 Å². The molecule has 1 saturated heterocycles. The fraction of sp³-hybridized carbons (Fsp3) is 0.412. The molecule has 0 unspecified atom stereocenters. The van der Waals surface area contributed by atoms with Gasteiger partial charge >= 0.3 is 0 Å². The minimum absolute atomic E-state index is 0.0263. The number of ether oxygens (including phenoxy) is 2. The smallest absolute Gasteiger partial charge is 0.266 e. The zero-order valence-corrected chi connectivity index (χ0v) is 15.4. The summed E-state index contributed by atoms with van der Waals surface area (Å²) in [5.74, 6) is 1.70. The highest BCUT2D eigenvalue weighted by molar-refractivity contribution is 8.26. The summed E-state index contributed by atoms with van der Waals surface area (Å²) in [6.07, 6.45) is 1.85. The molecule has 1 aliphatic heterocycles. The lowest BCUT2D eigenvalue weighted by molar-refractivity contribution is -0.122. The maximum atomic E-state index is 12.5. The SMILES string of the molecule is CCOc1ccc(/C=C2\SC(=S)N(CC(C)C)C2=O)cc1OC. The highest BCUT2D eigenvalue weighted by Crippen LogP contribution is 2.35. The lowest BCUT2D eigenvalue weighted by Gasteiger charge is -2.16. The van der Waals surface area contributed by atoms with Crippen LogP contribution in [0.5, 0.6) is 11.5 Å². The Hall–Kier alpha value is -1.53. The van der Waals surface area contributed by atoms with Gasteiger partial charge in [0.15, 0.2) is 11.5 Å². The molecule has 1 aliphatic rings. The lowest BCUT2D eigenvalue weighted by atomic mass is 10.1. The average molecular weight is 351 g/mol. The van der Waals surface area contributed by atoms with Crippen LogP contribution in [0.4, 0.5) is 0 Å². The zero-order chi connectivity index (χ0) is 17.0. The maximum Gasteiger partial charge on any atom is 0.266 e. The second kappa shape index (κ2) is 7.84. The number of hydrogen-bond donors (Lipinski definition) is 0. The molecule has 2 rings (SSSR count). The molecule has 1 amide bonds. The van der Waals surface area contributed by atoms with Crippen LogP contribution in [-0.4, -0.2) is 35.4 Å². The highest BCUT2D eigenvalue weighted by atomic mass is 32.2. The van der Waals surface area contributed by atoms with Gasteiger partial charge in [-0.2, -0.15) is 0 Å². The maximum absolute atomic E-state index is 12.5. The van der Waals surface area contributed by atoms with Crippen LogP contribution in [0.3, 0.4) is 0 Å². The predicted octanol–water partition coefficient (Wildman–Crippen LogP) is 3.95. The van der Waals surface area contributed by atoms with Crippen LogP contribution in [-0.2, 0) is 4.79 Å². The first-order valence-corrected chi connectivity index (χ1v) is 8.75. The fourth-order valence-corrected chi connectivity index (χ4v) is 3.50. The molecular formula is C17H21NO3S2. The van der Waals surface area contributed by atoms with E-state index in [2.05, 4.69) is 13.8 Å². The van der Waals surface area contributed by atoms with Gasteiger partial charge in [-0.1, -0.05) is 43.9 Å². The summed E-state index contributed by atoms with van der Waals surface area (Å²) >= 11 is 6.66. The van der Waals surface area contributed by atoms with E-state index in [1.54, 1.807) is 12.0 Å². The molecule has 0 aromatic heterocycles. The molecule has 0 bridgehead atoms. The van der Waals surface area contributed by atoms with E-state index in [1.165, 1.54) is 11.8 Å². The monoisotopic (exact) mass is 351 g/mol. The number of carbonyl (C=O) groups is 1. The first kappa shape index (κ1) is 17.8. The van der Waals surface area contributed by atoms with Crippen molar-refractivity contribution >= 4 is 40.3 Å². The van der Waals surface area contributed by atoms with Crippen LogP contribution in [0.15, 0.2) is 23.1 Å². The van der Waals surface area contributed by atoms with Crippen molar-refractivity contribution in [2.45, 2.75) is 20.8 Å². The number of nitrogens with zero attached hydrogens (tertiary/aromatic N) is 1. The fourth-order valence-electron chi connectivity index (χ4n) is 2.22. The quantitative estimate of drug-likeness (QED) is 0.573. The number of carbonyl (C=O) groups excluding carboxylic acids is 1. The summed E-state index contributed by atoms with van der Waals surface area (Å²) in [6, 6.07) is 5.62. The Balaban J connectivity index is 2.25. The number of methoxy groups -OCH3 is 1. The largest absolute Gasteiger partial charge is 0.493 e. The Morgan fingerprint density at radius 3 is 2.70 bits per heavy atom. The van der Waals surface area contributed by atoms with E-state index in [0.29, 0.717) is 39.8 Å². The number of amides is 1. The topological polar surface area (TPSA) is 38.8 Å². The van der Waals surface area contributed by atoms with Gasteiger partial charge < -0.3 is 9.47 Å². The highest BCUT2D eigenvalue weighted by Gasteiger charge is 2.32. The minimum Gasteiger partial charge on any atom is -0.493 e. The molecule has 1 heterocycles. The van der Waals surface area contributed by atoms with Crippen molar-refractivity contribution in [2.75, 3.05) is 20.3 Å². The van der Waals surface area contributed by atoms with Gasteiger partial charge in [-0.15, -0.1) is 0 Å². The van der Waals surface area contributed by atoms with E-state index < -0.39 is 0 Å². The van der Waals surface area contributed by atoms with Gasteiger partial charge in [-0.05, 0) is 36.6 Å². The molecule has 6 heteroatoms. The number of hydrogen-bond acceptors (Lipinski definition) is 5. The third-order valence-corrected chi connectivity index (χ3v) is 4.58. The Labute approximate surface area is 146 Å². The van der Waals surface area contributed by atoms with E-state index in [0.717, 1.165) is 5.56 Å². The van der Waals surface area contributed by atoms with Crippen molar-refractivity contribution in [1.29, 1.82) is 0 Å². The first-order valence-electron chi connectivity index (χ1n) is 7.52. The number of rotatable bonds is 6. The molecule has 124 valence electrons. The van der Waals surface area contributed by atoms with E-state index in [1.807, 2.05) is 31.2 Å². The summed E-state index contributed by atoms with van der Waals surface area (Å²) < 4.78 is 11.5. The average Bonchev–Trinajstić information content (AvgIpc) is 2.76. The molecule has 0 radical (unpaired) electrons. The molecule has 23 heavy (non-hydrogen) atoms. The second-order valence-electron chi connectivity index (χ2n) is 5.53. The lowest BCUT2D eigenvalue weighted by Crippen LogP contribution is -2.31. The molecule has 1 aromatic carbocycles. The molecular weight excluding hydrogens is 330 g/mol. The second-order valence-corrected chi connectivity index (χ2v) is 7.21. The van der Waals surface area contributed by atoms with Crippen LogP contribution in [0.2, 0.25) is 0 Å². The number of benzene rings is 1. The van der Waals surface area contributed by atoms with Crippen molar-refractivity contribution in [3.63, 3.8) is 0 Å². The third-order valence-electron chi connectivity index (χ3n) is 3.21. The molecule has 1 aromatic rings. The molecule has 0 aliphatic carbocycles. The normalized spacial score (nSPS) is 16.6. The molecule has 0 N–H and O–H groups in total. The summed E-state index contributed by atoms with van der Waals surface area (Å²) in [4.78, 5) is 14.8. The van der Waals surface area contributed by atoms with Gasteiger partial charge in [0, 0.05) is 6.54 Å². The Bertz CT molecular complexity index is 641. The molecule has 0 atom stereocenters. The van der Waals surface area contributed by atoms with Crippen molar-refractivity contribution in [3.05, 3.63) is 28.7 Å². The van der Waals surface area contributed by atoms with E-state index >= 15 is 0 Å². The Morgan fingerprint density at radius 2 is 2.09 bits per heavy atom. The zero-order valence-electron chi connectivity index (χ0n) is 13.8. The van der Waals surface area contributed by atoms with E-state index in [9.17, 15) is 4.79 Å². The molecule has 1 fully saturated rings. The van der Waals surface area contributed by atoms with Gasteiger partial charge in [-0.25, -0.2) is 0 Å². The van der Waals surface area contributed by atoms with Crippen LogP contribution in [0.25, 0.3) is 6.08 Å². The van der Waals surface area contributed by atoms with Crippen molar-refractivity contribution in [3.8, 4) is 11.5 Å². The van der Waals surface area contributed by atoms with Crippen LogP contribution in [0, 0.1) is 5.92 Å². The minimum atomic E-state index is -0.0263. The number of thioether (sulfide) groups is 1. The Kier molecular flexibility index (Phi) is 6.07. The van der Waals surface area contributed by atoms with Crippen LogP contribution < -0.4 is 9.47 Å². The third kappa shape index (κ3) is 4.26. The van der Waals surface area contributed by atoms with Crippen LogP contribution >= 0.6 is 24.0 Å². The molecule has 4 nitrogen and oxygen atoms in total. The van der Waals surface area contributed by atoms with Gasteiger partial charge in [0.25, 0.3) is 5.91 Å². The predicted molar refractivity (Wildman–Crippen MR) is 98.9 cm³/mol. The van der Waals surface area contributed by atoms with Crippen molar-refractivity contribution in [2.24, 2.45) is 5.92 Å². The standard InChI is InChI=1S/C17H21NO3S2/c1-5-21-13-7-6-12(8-14(13)20-4)9-15-16(19)18(10-11(2)3)17(22)23-15/h6-9,11H,5,10H2,1-4H3/b15-9-. The summed E-state index contributed by atoms with van der Waals surface area (Å²) in [5.41, 5.74) is 0.885. The van der Waals surface area contributed by atoms with E-state index in [-0.39, 0.29) is 5.91 Å². The van der Waals surface area contributed by atoms with Gasteiger partial charge in [-0.3, -0.25) is 9.69 Å². The summed E-state index contributed by atoms with van der Waals surface area (Å²) in [5, 5.41) is 0.